The summed E-state index contributed by atoms with van der Waals surface area (Å²) in [7, 11) is 0. The number of benzene rings is 1. The molecule has 1 aromatic carbocycles. The maximum absolute atomic E-state index is 12.7. The van der Waals surface area contributed by atoms with Gasteiger partial charge in [-0.05, 0) is 18.6 Å². The SMILES string of the molecule is CCOC(=O)C[C@H](N)c1cccc(C(F)(F)F)c1Cl.Cl. The van der Waals surface area contributed by atoms with Crippen molar-refractivity contribution in [3.63, 3.8) is 0 Å². The third kappa shape index (κ3) is 4.85. The van der Waals surface area contributed by atoms with Gasteiger partial charge < -0.3 is 10.5 Å². The van der Waals surface area contributed by atoms with Gasteiger partial charge in [-0.25, -0.2) is 0 Å². The third-order valence-electron chi connectivity index (χ3n) is 2.43. The molecule has 0 amide bonds. The molecule has 114 valence electrons. The molecule has 0 aliphatic carbocycles. The standard InChI is InChI=1S/C12H13ClF3NO2.ClH/c1-2-19-10(18)6-9(17)7-4-3-5-8(11(7)13)12(14,15)16;/h3-5,9H,2,6,17H2,1H3;1H/t9-;/m0./s1. The van der Waals surface area contributed by atoms with Crippen LogP contribution in [0.25, 0.3) is 0 Å². The predicted molar refractivity (Wildman–Crippen MR) is 71.9 cm³/mol. The van der Waals surface area contributed by atoms with Gasteiger partial charge in [0.2, 0.25) is 0 Å². The van der Waals surface area contributed by atoms with E-state index in [1.807, 2.05) is 0 Å². The Morgan fingerprint density at radius 3 is 2.55 bits per heavy atom. The Balaban J connectivity index is 0.00000361. The van der Waals surface area contributed by atoms with Crippen molar-refractivity contribution in [2.45, 2.75) is 25.6 Å². The van der Waals surface area contributed by atoms with Gasteiger partial charge in [-0.3, -0.25) is 4.79 Å². The highest BCUT2D eigenvalue weighted by molar-refractivity contribution is 6.32. The number of halogens is 5. The van der Waals surface area contributed by atoms with Crippen LogP contribution in [0.3, 0.4) is 0 Å². The minimum absolute atomic E-state index is 0. The van der Waals surface area contributed by atoms with Gasteiger partial charge in [-0.1, -0.05) is 23.7 Å². The Morgan fingerprint density at radius 2 is 2.05 bits per heavy atom. The van der Waals surface area contributed by atoms with Gasteiger partial charge in [-0.2, -0.15) is 13.2 Å². The number of rotatable bonds is 4. The highest BCUT2D eigenvalue weighted by atomic mass is 35.5. The minimum atomic E-state index is -4.56. The fourth-order valence-corrected chi connectivity index (χ4v) is 1.94. The molecular weight excluding hydrogens is 318 g/mol. The molecular formula is C12H14Cl2F3NO2. The molecule has 0 saturated heterocycles. The first-order chi connectivity index (χ1) is 8.77. The van der Waals surface area contributed by atoms with Crippen LogP contribution in [0.2, 0.25) is 5.02 Å². The second-order valence-corrected chi connectivity index (χ2v) is 4.20. The monoisotopic (exact) mass is 331 g/mol. The molecule has 0 radical (unpaired) electrons. The second kappa shape index (κ2) is 7.71. The molecule has 0 aliphatic heterocycles. The van der Waals surface area contributed by atoms with Gasteiger partial charge in [0.25, 0.3) is 0 Å². The first-order valence-corrected chi connectivity index (χ1v) is 5.92. The van der Waals surface area contributed by atoms with Crippen LogP contribution in [0, 0.1) is 0 Å². The number of alkyl halides is 3. The van der Waals surface area contributed by atoms with E-state index in [0.717, 1.165) is 6.07 Å². The van der Waals surface area contributed by atoms with Crippen molar-refractivity contribution in [3.05, 3.63) is 34.3 Å². The van der Waals surface area contributed by atoms with Gasteiger partial charge in [-0.15, -0.1) is 12.4 Å². The molecule has 3 nitrogen and oxygen atoms in total. The smallest absolute Gasteiger partial charge is 0.417 e. The third-order valence-corrected chi connectivity index (χ3v) is 2.85. The predicted octanol–water partition coefficient (Wildman–Crippen LogP) is 3.73. The van der Waals surface area contributed by atoms with E-state index in [4.69, 9.17) is 17.3 Å². The Hall–Kier alpha value is -0.980. The number of hydrogen-bond acceptors (Lipinski definition) is 3. The number of carbonyl (C=O) groups excluding carboxylic acids is 1. The normalized spacial score (nSPS) is 12.5. The number of ether oxygens (including phenoxy) is 1. The van der Waals surface area contributed by atoms with Crippen molar-refractivity contribution in [2.24, 2.45) is 5.73 Å². The van der Waals surface area contributed by atoms with Crippen molar-refractivity contribution < 1.29 is 22.7 Å². The summed E-state index contributed by atoms with van der Waals surface area (Å²) in [6.07, 6.45) is -4.79. The summed E-state index contributed by atoms with van der Waals surface area (Å²) in [5.74, 6) is -0.580. The maximum atomic E-state index is 12.7. The van der Waals surface area contributed by atoms with Gasteiger partial charge in [0.05, 0.1) is 23.6 Å². The summed E-state index contributed by atoms with van der Waals surface area (Å²) >= 11 is 5.70. The van der Waals surface area contributed by atoms with E-state index in [-0.39, 0.29) is 31.0 Å². The van der Waals surface area contributed by atoms with Crippen molar-refractivity contribution in [2.75, 3.05) is 6.61 Å². The summed E-state index contributed by atoms with van der Waals surface area (Å²) < 4.78 is 42.7. The highest BCUT2D eigenvalue weighted by Gasteiger charge is 2.34. The van der Waals surface area contributed by atoms with Crippen molar-refractivity contribution in [1.29, 1.82) is 0 Å². The van der Waals surface area contributed by atoms with E-state index < -0.39 is 28.8 Å². The number of esters is 1. The molecule has 0 bridgehead atoms. The molecule has 0 fully saturated rings. The van der Waals surface area contributed by atoms with E-state index in [0.29, 0.717) is 0 Å². The van der Waals surface area contributed by atoms with Crippen LogP contribution in [-0.4, -0.2) is 12.6 Å². The molecule has 0 spiro atoms. The van der Waals surface area contributed by atoms with Gasteiger partial charge in [0.15, 0.2) is 0 Å². The van der Waals surface area contributed by atoms with Crippen molar-refractivity contribution in [1.82, 2.24) is 0 Å². The highest BCUT2D eigenvalue weighted by Crippen LogP contribution is 2.38. The topological polar surface area (TPSA) is 52.3 Å². The lowest BCUT2D eigenvalue weighted by Crippen LogP contribution is -2.19. The zero-order chi connectivity index (χ0) is 14.6. The lowest BCUT2D eigenvalue weighted by Gasteiger charge is -2.16. The quantitative estimate of drug-likeness (QED) is 0.855. The molecule has 1 rings (SSSR count). The summed E-state index contributed by atoms with van der Waals surface area (Å²) in [4.78, 5) is 11.3. The first kappa shape index (κ1) is 19.0. The van der Waals surface area contributed by atoms with Gasteiger partial charge >= 0.3 is 12.1 Å². The zero-order valence-electron chi connectivity index (χ0n) is 10.5. The number of hydrogen-bond donors (Lipinski definition) is 1. The molecule has 0 aromatic heterocycles. The first-order valence-electron chi connectivity index (χ1n) is 5.54. The van der Waals surface area contributed by atoms with E-state index in [2.05, 4.69) is 4.74 Å². The Labute approximate surface area is 125 Å². The molecule has 8 heteroatoms. The summed E-state index contributed by atoms with van der Waals surface area (Å²) in [5.41, 5.74) is 4.79. The molecule has 0 saturated carbocycles. The van der Waals surface area contributed by atoms with Crippen LogP contribution in [0.1, 0.15) is 30.5 Å². The minimum Gasteiger partial charge on any atom is -0.466 e. The van der Waals surface area contributed by atoms with Crippen molar-refractivity contribution >= 4 is 30.0 Å². The van der Waals surface area contributed by atoms with Crippen molar-refractivity contribution in [3.8, 4) is 0 Å². The average molecular weight is 332 g/mol. The van der Waals surface area contributed by atoms with E-state index in [1.165, 1.54) is 12.1 Å². The van der Waals surface area contributed by atoms with Crippen LogP contribution in [-0.2, 0) is 15.7 Å². The molecule has 20 heavy (non-hydrogen) atoms. The summed E-state index contributed by atoms with van der Waals surface area (Å²) in [6.45, 7) is 1.81. The summed E-state index contributed by atoms with van der Waals surface area (Å²) in [5, 5.41) is -0.480. The lowest BCUT2D eigenvalue weighted by atomic mass is 10.0. The second-order valence-electron chi connectivity index (χ2n) is 3.82. The van der Waals surface area contributed by atoms with Crippen LogP contribution >= 0.6 is 24.0 Å². The molecule has 0 heterocycles. The van der Waals surface area contributed by atoms with Crippen LogP contribution in [0.5, 0.6) is 0 Å². The maximum Gasteiger partial charge on any atom is 0.417 e. The van der Waals surface area contributed by atoms with Crippen LogP contribution in [0.4, 0.5) is 13.2 Å². The van der Waals surface area contributed by atoms with Gasteiger partial charge in [0.1, 0.15) is 0 Å². The van der Waals surface area contributed by atoms with Crippen LogP contribution in [0.15, 0.2) is 18.2 Å². The average Bonchev–Trinajstić information content (AvgIpc) is 2.27. The largest absolute Gasteiger partial charge is 0.466 e. The Morgan fingerprint density at radius 1 is 1.45 bits per heavy atom. The number of carbonyl (C=O) groups is 1. The fourth-order valence-electron chi connectivity index (χ4n) is 1.56. The van der Waals surface area contributed by atoms with E-state index in [1.54, 1.807) is 6.92 Å². The van der Waals surface area contributed by atoms with E-state index >= 15 is 0 Å². The molecule has 2 N–H and O–H groups in total. The van der Waals surface area contributed by atoms with Crippen LogP contribution < -0.4 is 5.73 Å². The molecule has 1 aromatic rings. The zero-order valence-corrected chi connectivity index (χ0v) is 12.1. The van der Waals surface area contributed by atoms with Gasteiger partial charge in [0, 0.05) is 6.04 Å². The Bertz CT molecular complexity index is 467. The number of nitrogens with two attached hydrogens (primary N) is 1. The lowest BCUT2D eigenvalue weighted by molar-refractivity contribution is -0.143. The molecule has 1 atom stereocenters. The Kier molecular flexibility index (Phi) is 7.33. The van der Waals surface area contributed by atoms with E-state index in [9.17, 15) is 18.0 Å². The summed E-state index contributed by atoms with van der Waals surface area (Å²) in [6, 6.07) is 2.49. The fraction of sp³-hybridized carbons (Fsp3) is 0.417. The molecule has 0 aliphatic rings. The molecule has 0 unspecified atom stereocenters.